The third kappa shape index (κ3) is 6.00. The standard InChI is InChI=1S/C28H35ClN6O3/c1-17-3-6-19-7-10-23(35-25(19)24(17)29)33-21-8-4-18(5-9-21)11-12-30-27-31-13-20(14-32-27)28(2,37)26(36)34-22-15-38-16-22/h3,6-7,10,13-14,18,21-22,37H,4-5,8-9,11-12,15-16H2,1-2H3,(H,33,35)(H,34,36)(H,30,31,32). The van der Waals surface area contributed by atoms with E-state index >= 15 is 0 Å². The van der Waals surface area contributed by atoms with E-state index in [9.17, 15) is 9.90 Å². The van der Waals surface area contributed by atoms with Crippen LogP contribution in [0.15, 0.2) is 36.7 Å². The Morgan fingerprint density at radius 1 is 1.11 bits per heavy atom. The molecule has 0 spiro atoms. The number of aliphatic hydroxyl groups is 1. The highest BCUT2D eigenvalue weighted by Crippen LogP contribution is 2.30. The van der Waals surface area contributed by atoms with Crippen LogP contribution in [0.5, 0.6) is 0 Å². The number of hydrogen-bond acceptors (Lipinski definition) is 8. The second-order valence-electron chi connectivity index (χ2n) is 10.6. The Bertz CT molecular complexity index is 1270. The Morgan fingerprint density at radius 2 is 1.82 bits per heavy atom. The van der Waals surface area contributed by atoms with Gasteiger partial charge in [-0.05, 0) is 69.6 Å². The van der Waals surface area contributed by atoms with E-state index in [1.165, 1.54) is 19.3 Å². The number of nitrogens with one attached hydrogen (secondary N) is 3. The minimum absolute atomic E-state index is 0.0551. The average molecular weight is 539 g/mol. The first-order valence-corrected chi connectivity index (χ1v) is 13.7. The van der Waals surface area contributed by atoms with Gasteiger partial charge in [-0.1, -0.05) is 23.7 Å². The van der Waals surface area contributed by atoms with E-state index in [2.05, 4.69) is 38.1 Å². The molecule has 1 saturated carbocycles. The molecule has 1 aromatic carbocycles. The van der Waals surface area contributed by atoms with Gasteiger partial charge in [0, 0.05) is 35.9 Å². The summed E-state index contributed by atoms with van der Waals surface area (Å²) in [5, 5.41) is 22.1. The predicted molar refractivity (Wildman–Crippen MR) is 148 cm³/mol. The number of aryl methyl sites for hydroxylation is 1. The molecule has 0 bridgehead atoms. The molecular weight excluding hydrogens is 504 g/mol. The van der Waals surface area contributed by atoms with Crippen molar-refractivity contribution in [3.8, 4) is 0 Å². The maximum Gasteiger partial charge on any atom is 0.256 e. The van der Waals surface area contributed by atoms with Gasteiger partial charge >= 0.3 is 0 Å². The number of hydrogen-bond donors (Lipinski definition) is 4. The third-order valence-corrected chi connectivity index (χ3v) is 8.13. The van der Waals surface area contributed by atoms with Crippen molar-refractivity contribution in [1.82, 2.24) is 20.3 Å². The van der Waals surface area contributed by atoms with Crippen LogP contribution in [-0.2, 0) is 15.1 Å². The second-order valence-corrected chi connectivity index (χ2v) is 11.0. The highest BCUT2D eigenvalue weighted by Gasteiger charge is 2.36. The fourth-order valence-electron chi connectivity index (χ4n) is 4.97. The van der Waals surface area contributed by atoms with Crippen molar-refractivity contribution in [2.45, 2.75) is 63.6 Å². The van der Waals surface area contributed by atoms with Gasteiger partial charge < -0.3 is 25.8 Å². The van der Waals surface area contributed by atoms with E-state index in [4.69, 9.17) is 21.3 Å². The molecule has 202 valence electrons. The number of carbonyl (C=O) groups excluding carboxylic acids is 1. The third-order valence-electron chi connectivity index (χ3n) is 7.66. The number of anilines is 2. The quantitative estimate of drug-likeness (QED) is 0.320. The summed E-state index contributed by atoms with van der Waals surface area (Å²) in [6.07, 6.45) is 8.52. The highest BCUT2D eigenvalue weighted by molar-refractivity contribution is 6.35. The van der Waals surface area contributed by atoms with Gasteiger partial charge in [0.15, 0.2) is 5.60 Å². The SMILES string of the molecule is Cc1ccc2ccc(NC3CCC(CCNc4ncc(C(C)(O)C(=O)NC5COC5)cn4)CC3)nc2c1Cl. The van der Waals surface area contributed by atoms with Gasteiger partial charge in [0.1, 0.15) is 5.82 Å². The van der Waals surface area contributed by atoms with Crippen LogP contribution in [0.25, 0.3) is 10.9 Å². The molecule has 2 aliphatic rings. The molecular formula is C28H35ClN6O3. The van der Waals surface area contributed by atoms with Crippen molar-refractivity contribution in [3.05, 3.63) is 52.8 Å². The van der Waals surface area contributed by atoms with Crippen LogP contribution in [0.3, 0.4) is 0 Å². The number of nitrogens with zero attached hydrogens (tertiary/aromatic N) is 3. The van der Waals surface area contributed by atoms with Crippen molar-refractivity contribution in [2.24, 2.45) is 5.92 Å². The summed E-state index contributed by atoms with van der Waals surface area (Å²) >= 11 is 6.48. The summed E-state index contributed by atoms with van der Waals surface area (Å²) in [6.45, 7) is 5.15. The molecule has 1 unspecified atom stereocenters. The number of aromatic nitrogens is 3. The summed E-state index contributed by atoms with van der Waals surface area (Å²) < 4.78 is 5.06. The Morgan fingerprint density at radius 3 is 2.50 bits per heavy atom. The summed E-state index contributed by atoms with van der Waals surface area (Å²) in [5.41, 5.74) is 0.537. The average Bonchev–Trinajstić information content (AvgIpc) is 2.90. The topological polar surface area (TPSA) is 121 Å². The van der Waals surface area contributed by atoms with E-state index in [1.54, 1.807) is 0 Å². The lowest BCUT2D eigenvalue weighted by molar-refractivity contribution is -0.143. The number of amides is 1. The first kappa shape index (κ1) is 26.6. The molecule has 10 heteroatoms. The summed E-state index contributed by atoms with van der Waals surface area (Å²) in [4.78, 5) is 25.8. The molecule has 9 nitrogen and oxygen atoms in total. The molecule has 3 heterocycles. The van der Waals surface area contributed by atoms with Crippen molar-refractivity contribution in [1.29, 1.82) is 0 Å². The number of fused-ring (bicyclic) bond motifs is 1. The highest BCUT2D eigenvalue weighted by atomic mass is 35.5. The fraction of sp³-hybridized carbons (Fsp3) is 0.500. The van der Waals surface area contributed by atoms with E-state index in [-0.39, 0.29) is 6.04 Å². The van der Waals surface area contributed by atoms with Crippen LogP contribution in [-0.4, -0.2) is 57.8 Å². The van der Waals surface area contributed by atoms with Crippen LogP contribution >= 0.6 is 11.6 Å². The number of rotatable bonds is 9. The summed E-state index contributed by atoms with van der Waals surface area (Å²) in [7, 11) is 0. The molecule has 1 atom stereocenters. The van der Waals surface area contributed by atoms with Crippen molar-refractivity contribution in [3.63, 3.8) is 0 Å². The molecule has 1 saturated heterocycles. The lowest BCUT2D eigenvalue weighted by Gasteiger charge is -2.31. The first-order valence-electron chi connectivity index (χ1n) is 13.3. The maximum atomic E-state index is 12.4. The van der Waals surface area contributed by atoms with Gasteiger partial charge in [-0.2, -0.15) is 0 Å². The molecule has 1 aliphatic heterocycles. The smallest absolute Gasteiger partial charge is 0.256 e. The number of carbonyl (C=O) groups is 1. The molecule has 1 aliphatic carbocycles. The van der Waals surface area contributed by atoms with Crippen LogP contribution in [0.4, 0.5) is 11.8 Å². The Labute approximate surface area is 227 Å². The number of benzene rings is 1. The minimum Gasteiger partial charge on any atom is -0.377 e. The molecule has 4 N–H and O–H groups in total. The molecule has 0 radical (unpaired) electrons. The van der Waals surface area contributed by atoms with Gasteiger partial charge in [0.2, 0.25) is 5.95 Å². The summed E-state index contributed by atoms with van der Waals surface area (Å²) in [5.74, 6) is 1.53. The number of ether oxygens (including phenoxy) is 1. The lowest BCUT2D eigenvalue weighted by atomic mass is 9.84. The number of pyridine rings is 1. The second kappa shape index (κ2) is 11.4. The first-order chi connectivity index (χ1) is 18.3. The van der Waals surface area contributed by atoms with E-state index in [0.717, 1.165) is 66.0 Å². The van der Waals surface area contributed by atoms with Crippen LogP contribution in [0.1, 0.15) is 50.2 Å². The minimum atomic E-state index is -1.70. The van der Waals surface area contributed by atoms with E-state index < -0.39 is 11.5 Å². The van der Waals surface area contributed by atoms with Crippen molar-refractivity contribution in [2.75, 3.05) is 30.4 Å². The molecule has 38 heavy (non-hydrogen) atoms. The largest absolute Gasteiger partial charge is 0.377 e. The molecule has 1 amide bonds. The lowest BCUT2D eigenvalue weighted by Crippen LogP contribution is -2.54. The van der Waals surface area contributed by atoms with Gasteiger partial charge in [-0.3, -0.25) is 4.79 Å². The normalized spacial score (nSPS) is 21.4. The van der Waals surface area contributed by atoms with Crippen LogP contribution in [0.2, 0.25) is 5.02 Å². The maximum absolute atomic E-state index is 12.4. The monoisotopic (exact) mass is 538 g/mol. The van der Waals surface area contributed by atoms with Crippen LogP contribution < -0.4 is 16.0 Å². The molecule has 2 fully saturated rings. The Hall–Kier alpha value is -3.01. The zero-order valence-corrected chi connectivity index (χ0v) is 22.6. The molecule has 5 rings (SSSR count). The van der Waals surface area contributed by atoms with Gasteiger partial charge in [-0.15, -0.1) is 0 Å². The molecule has 3 aromatic rings. The Balaban J connectivity index is 1.05. The van der Waals surface area contributed by atoms with Gasteiger partial charge in [0.05, 0.1) is 29.8 Å². The summed E-state index contributed by atoms with van der Waals surface area (Å²) in [6, 6.07) is 8.54. The van der Waals surface area contributed by atoms with Gasteiger partial charge in [0.25, 0.3) is 5.91 Å². The van der Waals surface area contributed by atoms with E-state index in [1.807, 2.05) is 19.1 Å². The fourth-order valence-corrected chi connectivity index (χ4v) is 5.19. The zero-order valence-electron chi connectivity index (χ0n) is 21.8. The van der Waals surface area contributed by atoms with Crippen molar-refractivity contribution < 1.29 is 14.6 Å². The Kier molecular flexibility index (Phi) is 7.97. The molecule has 2 aromatic heterocycles. The number of halogens is 1. The van der Waals surface area contributed by atoms with Crippen molar-refractivity contribution >= 4 is 40.2 Å². The predicted octanol–water partition coefficient (Wildman–Crippen LogP) is 4.18. The zero-order chi connectivity index (χ0) is 26.7. The van der Waals surface area contributed by atoms with Gasteiger partial charge in [-0.25, -0.2) is 15.0 Å². The van der Waals surface area contributed by atoms with Crippen LogP contribution in [0, 0.1) is 12.8 Å². The van der Waals surface area contributed by atoms with E-state index in [0.29, 0.717) is 36.7 Å².